The molecule has 0 aliphatic heterocycles. The number of benzene rings is 1. The molecule has 2 N–H and O–H groups in total. The summed E-state index contributed by atoms with van der Waals surface area (Å²) in [6.07, 6.45) is -3.90. The van der Waals surface area contributed by atoms with Gasteiger partial charge in [-0.3, -0.25) is 0 Å². The standard InChI is InChI=1S/C14H12F3N5S2/c15-14(16,17)12-20-21-13(22(12)18)24-8-10-7-23-11(19-10)6-9-4-2-1-3-5-9/h1-5,7H,6,8,18H2. The van der Waals surface area contributed by atoms with Crippen molar-refractivity contribution in [3.05, 3.63) is 57.8 Å². The van der Waals surface area contributed by atoms with E-state index in [-0.39, 0.29) is 5.16 Å². The quantitative estimate of drug-likeness (QED) is 0.550. The smallest absolute Gasteiger partial charge is 0.335 e. The summed E-state index contributed by atoms with van der Waals surface area (Å²) >= 11 is 2.58. The number of halogens is 3. The van der Waals surface area contributed by atoms with Gasteiger partial charge in [0.15, 0.2) is 0 Å². The molecule has 0 bridgehead atoms. The largest absolute Gasteiger partial charge is 0.453 e. The minimum absolute atomic E-state index is 0.0000608. The average molecular weight is 371 g/mol. The summed E-state index contributed by atoms with van der Waals surface area (Å²) < 4.78 is 38.3. The minimum atomic E-state index is -4.62. The van der Waals surface area contributed by atoms with Gasteiger partial charge >= 0.3 is 6.18 Å². The zero-order valence-corrected chi connectivity index (χ0v) is 13.8. The zero-order chi connectivity index (χ0) is 17.2. The van der Waals surface area contributed by atoms with E-state index >= 15 is 0 Å². The number of nitrogens with two attached hydrogens (primary N) is 1. The molecule has 0 aliphatic carbocycles. The van der Waals surface area contributed by atoms with Gasteiger partial charge in [0.25, 0.3) is 5.82 Å². The van der Waals surface area contributed by atoms with Crippen molar-refractivity contribution in [1.82, 2.24) is 19.9 Å². The topological polar surface area (TPSA) is 69.6 Å². The van der Waals surface area contributed by atoms with Crippen LogP contribution in [-0.2, 0) is 18.3 Å². The Bertz CT molecular complexity index is 813. The van der Waals surface area contributed by atoms with Crippen molar-refractivity contribution in [3.8, 4) is 0 Å². The van der Waals surface area contributed by atoms with Crippen molar-refractivity contribution >= 4 is 23.1 Å². The van der Waals surface area contributed by atoms with E-state index in [0.717, 1.165) is 34.4 Å². The SMILES string of the molecule is Nn1c(SCc2csc(Cc3ccccc3)n2)nnc1C(F)(F)F. The van der Waals surface area contributed by atoms with Crippen molar-refractivity contribution in [2.45, 2.75) is 23.5 Å². The van der Waals surface area contributed by atoms with Crippen LogP contribution in [0.15, 0.2) is 40.9 Å². The molecule has 10 heteroatoms. The number of thiazole rings is 1. The van der Waals surface area contributed by atoms with E-state index < -0.39 is 12.0 Å². The first-order valence-corrected chi connectivity index (χ1v) is 8.67. The first-order chi connectivity index (χ1) is 11.4. The second kappa shape index (κ2) is 6.81. The van der Waals surface area contributed by atoms with Gasteiger partial charge in [0.05, 0.1) is 10.7 Å². The van der Waals surface area contributed by atoms with Crippen molar-refractivity contribution < 1.29 is 13.2 Å². The number of hydrogen-bond acceptors (Lipinski definition) is 6. The van der Waals surface area contributed by atoms with Gasteiger partial charge in [-0.1, -0.05) is 42.1 Å². The summed E-state index contributed by atoms with van der Waals surface area (Å²) in [5, 5.41) is 9.39. The number of nitrogen functional groups attached to an aromatic ring is 1. The van der Waals surface area contributed by atoms with Crippen LogP contribution >= 0.6 is 23.1 Å². The Morgan fingerprint density at radius 3 is 2.58 bits per heavy atom. The Kier molecular flexibility index (Phi) is 4.76. The number of aromatic nitrogens is 4. The van der Waals surface area contributed by atoms with Gasteiger partial charge in [0.1, 0.15) is 0 Å². The van der Waals surface area contributed by atoms with E-state index in [1.165, 1.54) is 11.3 Å². The molecule has 2 heterocycles. The van der Waals surface area contributed by atoms with Crippen molar-refractivity contribution in [3.63, 3.8) is 0 Å². The van der Waals surface area contributed by atoms with Crippen LogP contribution in [0.25, 0.3) is 0 Å². The normalized spacial score (nSPS) is 11.8. The minimum Gasteiger partial charge on any atom is -0.335 e. The molecule has 0 radical (unpaired) electrons. The highest BCUT2D eigenvalue weighted by molar-refractivity contribution is 7.98. The van der Waals surface area contributed by atoms with Crippen LogP contribution in [0.2, 0.25) is 0 Å². The van der Waals surface area contributed by atoms with Gasteiger partial charge in [-0.15, -0.1) is 21.5 Å². The van der Waals surface area contributed by atoms with Crippen LogP contribution in [-0.4, -0.2) is 19.9 Å². The van der Waals surface area contributed by atoms with Gasteiger partial charge in [-0.25, -0.2) is 9.66 Å². The van der Waals surface area contributed by atoms with Gasteiger partial charge in [0, 0.05) is 17.6 Å². The maximum atomic E-state index is 12.6. The van der Waals surface area contributed by atoms with Gasteiger partial charge < -0.3 is 5.84 Å². The molecule has 1 aromatic carbocycles. The van der Waals surface area contributed by atoms with E-state index in [1.807, 2.05) is 35.7 Å². The highest BCUT2D eigenvalue weighted by Gasteiger charge is 2.38. The lowest BCUT2D eigenvalue weighted by Crippen LogP contribution is -2.21. The van der Waals surface area contributed by atoms with E-state index in [2.05, 4.69) is 15.2 Å². The van der Waals surface area contributed by atoms with Crippen LogP contribution < -0.4 is 5.84 Å². The van der Waals surface area contributed by atoms with E-state index in [1.54, 1.807) is 0 Å². The van der Waals surface area contributed by atoms with E-state index in [9.17, 15) is 13.2 Å². The molecule has 0 fully saturated rings. The first kappa shape index (κ1) is 16.8. The second-order valence-electron chi connectivity index (χ2n) is 4.86. The lowest BCUT2D eigenvalue weighted by Gasteiger charge is -2.05. The molecule has 2 aromatic heterocycles. The highest BCUT2D eigenvalue weighted by Crippen LogP contribution is 2.30. The lowest BCUT2D eigenvalue weighted by atomic mass is 10.2. The molecule has 24 heavy (non-hydrogen) atoms. The molecule has 3 aromatic rings. The molecule has 0 unspecified atom stereocenters. The van der Waals surface area contributed by atoms with Gasteiger partial charge in [0.2, 0.25) is 5.16 Å². The third-order valence-electron chi connectivity index (χ3n) is 3.06. The summed E-state index contributed by atoms with van der Waals surface area (Å²) in [4.78, 5) is 4.48. The summed E-state index contributed by atoms with van der Waals surface area (Å²) in [7, 11) is 0. The molecule has 0 aliphatic rings. The fourth-order valence-corrected chi connectivity index (χ4v) is 3.66. The van der Waals surface area contributed by atoms with Gasteiger partial charge in [-0.05, 0) is 5.56 Å². The molecule has 3 rings (SSSR count). The van der Waals surface area contributed by atoms with Crippen LogP contribution in [0.5, 0.6) is 0 Å². The molecule has 0 saturated heterocycles. The predicted molar refractivity (Wildman–Crippen MR) is 86.1 cm³/mol. The van der Waals surface area contributed by atoms with E-state index in [0.29, 0.717) is 10.4 Å². The Morgan fingerprint density at radius 1 is 1.17 bits per heavy atom. The third kappa shape index (κ3) is 3.88. The lowest BCUT2D eigenvalue weighted by molar-refractivity contribution is -0.146. The zero-order valence-electron chi connectivity index (χ0n) is 12.2. The summed E-state index contributed by atoms with van der Waals surface area (Å²) in [5.41, 5.74) is 1.93. The molecule has 0 saturated carbocycles. The van der Waals surface area contributed by atoms with Crippen molar-refractivity contribution in [1.29, 1.82) is 0 Å². The number of thioether (sulfide) groups is 1. The fraction of sp³-hybridized carbons (Fsp3) is 0.214. The Labute approximate surface area is 143 Å². The number of rotatable bonds is 5. The van der Waals surface area contributed by atoms with Crippen LogP contribution in [0, 0.1) is 0 Å². The Hall–Kier alpha value is -2.07. The van der Waals surface area contributed by atoms with Crippen LogP contribution in [0.4, 0.5) is 13.2 Å². The molecule has 0 amide bonds. The van der Waals surface area contributed by atoms with Gasteiger partial charge in [-0.2, -0.15) is 13.2 Å². The molecular formula is C14H12F3N5S2. The van der Waals surface area contributed by atoms with Crippen LogP contribution in [0.1, 0.15) is 22.1 Å². The summed E-state index contributed by atoms with van der Waals surface area (Å²) in [5.74, 6) is 4.55. The first-order valence-electron chi connectivity index (χ1n) is 6.81. The Morgan fingerprint density at radius 2 is 1.92 bits per heavy atom. The second-order valence-corrected chi connectivity index (χ2v) is 6.74. The molecule has 126 valence electrons. The molecule has 0 spiro atoms. The predicted octanol–water partition coefficient (Wildman–Crippen LogP) is 3.35. The van der Waals surface area contributed by atoms with Crippen molar-refractivity contribution in [2.75, 3.05) is 5.84 Å². The third-order valence-corrected chi connectivity index (χ3v) is 4.94. The summed E-state index contributed by atoms with van der Waals surface area (Å²) in [6.45, 7) is 0. The monoisotopic (exact) mass is 371 g/mol. The molecular weight excluding hydrogens is 359 g/mol. The Balaban J connectivity index is 1.63. The highest BCUT2D eigenvalue weighted by atomic mass is 32.2. The van der Waals surface area contributed by atoms with E-state index in [4.69, 9.17) is 5.84 Å². The average Bonchev–Trinajstić information content (AvgIpc) is 3.12. The van der Waals surface area contributed by atoms with Crippen molar-refractivity contribution in [2.24, 2.45) is 0 Å². The maximum absolute atomic E-state index is 12.6. The molecule has 0 atom stereocenters. The number of nitrogens with zero attached hydrogens (tertiary/aromatic N) is 4. The maximum Gasteiger partial charge on any atom is 0.453 e. The fourth-order valence-electron chi connectivity index (χ4n) is 1.97. The molecule has 5 nitrogen and oxygen atoms in total. The van der Waals surface area contributed by atoms with Crippen LogP contribution in [0.3, 0.4) is 0 Å². The number of alkyl halides is 3. The number of hydrogen-bond donors (Lipinski definition) is 1. The summed E-state index contributed by atoms with van der Waals surface area (Å²) in [6, 6.07) is 9.92.